The van der Waals surface area contributed by atoms with Crippen LogP contribution in [-0.4, -0.2) is 46.4 Å². The first kappa shape index (κ1) is 17.1. The molecule has 1 amide bonds. The van der Waals surface area contributed by atoms with Crippen molar-refractivity contribution < 1.29 is 14.2 Å². The Labute approximate surface area is 146 Å². The van der Waals surface area contributed by atoms with Crippen molar-refractivity contribution in [3.63, 3.8) is 0 Å². The van der Waals surface area contributed by atoms with E-state index in [0.717, 1.165) is 36.2 Å². The molecule has 3 rings (SSSR count). The Balaban J connectivity index is 1.61. The van der Waals surface area contributed by atoms with Gasteiger partial charge in [0.15, 0.2) is 0 Å². The fourth-order valence-electron chi connectivity index (χ4n) is 2.77. The molecule has 7 nitrogen and oxygen atoms in total. The standard InChI is InChI=1S/C18H22N4O3/c1-3-24-20-16-5-4-10-22(12-16)17(23)11-14-6-8-15(9-7-14)18-19-13(2)25-21-18/h6-9H,3-5,10-12H2,1-2H3. The van der Waals surface area contributed by atoms with Gasteiger partial charge in [0, 0.05) is 19.0 Å². The van der Waals surface area contributed by atoms with Gasteiger partial charge in [0.2, 0.25) is 17.6 Å². The average molecular weight is 342 g/mol. The maximum Gasteiger partial charge on any atom is 0.227 e. The summed E-state index contributed by atoms with van der Waals surface area (Å²) in [7, 11) is 0. The van der Waals surface area contributed by atoms with E-state index in [1.165, 1.54) is 0 Å². The topological polar surface area (TPSA) is 80.8 Å². The summed E-state index contributed by atoms with van der Waals surface area (Å²) in [6, 6.07) is 7.67. The molecule has 0 aliphatic carbocycles. The maximum absolute atomic E-state index is 12.5. The van der Waals surface area contributed by atoms with Gasteiger partial charge in [-0.2, -0.15) is 4.98 Å². The lowest BCUT2D eigenvalue weighted by Gasteiger charge is -2.27. The van der Waals surface area contributed by atoms with Crippen molar-refractivity contribution in [1.82, 2.24) is 15.0 Å². The van der Waals surface area contributed by atoms with E-state index in [4.69, 9.17) is 9.36 Å². The third kappa shape index (κ3) is 4.43. The minimum absolute atomic E-state index is 0.104. The predicted octanol–water partition coefficient (Wildman–Crippen LogP) is 2.60. The average Bonchev–Trinajstić information content (AvgIpc) is 3.07. The third-order valence-corrected chi connectivity index (χ3v) is 4.04. The van der Waals surface area contributed by atoms with Crippen molar-refractivity contribution >= 4 is 11.6 Å². The molecule has 0 saturated carbocycles. The second-order valence-corrected chi connectivity index (χ2v) is 6.00. The Hall–Kier alpha value is -2.70. The molecule has 132 valence electrons. The zero-order valence-electron chi connectivity index (χ0n) is 14.6. The number of carbonyl (C=O) groups is 1. The summed E-state index contributed by atoms with van der Waals surface area (Å²) in [6.45, 7) is 5.52. The number of carbonyl (C=O) groups excluding carboxylic acids is 1. The van der Waals surface area contributed by atoms with E-state index < -0.39 is 0 Å². The normalized spacial score (nSPS) is 16.2. The quantitative estimate of drug-likeness (QED) is 0.780. The largest absolute Gasteiger partial charge is 0.396 e. The van der Waals surface area contributed by atoms with Crippen LogP contribution < -0.4 is 0 Å². The molecule has 2 aromatic rings. The molecule has 7 heteroatoms. The molecule has 1 aliphatic heterocycles. The van der Waals surface area contributed by atoms with Crippen LogP contribution in [0.4, 0.5) is 0 Å². The molecular weight excluding hydrogens is 320 g/mol. The summed E-state index contributed by atoms with van der Waals surface area (Å²) in [6.07, 6.45) is 2.18. The zero-order chi connectivity index (χ0) is 17.6. The molecule has 0 bridgehead atoms. The summed E-state index contributed by atoms with van der Waals surface area (Å²) in [5, 5.41) is 7.99. The van der Waals surface area contributed by atoms with Crippen molar-refractivity contribution in [2.75, 3.05) is 19.7 Å². The van der Waals surface area contributed by atoms with Crippen LogP contribution in [0.5, 0.6) is 0 Å². The first-order valence-corrected chi connectivity index (χ1v) is 8.51. The van der Waals surface area contributed by atoms with E-state index >= 15 is 0 Å². The lowest BCUT2D eigenvalue weighted by molar-refractivity contribution is -0.130. The molecular formula is C18H22N4O3. The second-order valence-electron chi connectivity index (χ2n) is 6.00. The molecule has 0 spiro atoms. The van der Waals surface area contributed by atoms with Gasteiger partial charge in [-0.25, -0.2) is 0 Å². The van der Waals surface area contributed by atoms with Crippen LogP contribution in [0.1, 0.15) is 31.2 Å². The highest BCUT2D eigenvalue weighted by Crippen LogP contribution is 2.17. The molecule has 2 heterocycles. The van der Waals surface area contributed by atoms with Gasteiger partial charge in [-0.3, -0.25) is 4.79 Å². The van der Waals surface area contributed by atoms with Crippen molar-refractivity contribution in [2.45, 2.75) is 33.1 Å². The lowest BCUT2D eigenvalue weighted by atomic mass is 10.1. The van der Waals surface area contributed by atoms with E-state index in [0.29, 0.717) is 31.3 Å². The van der Waals surface area contributed by atoms with Crippen LogP contribution in [0.25, 0.3) is 11.4 Å². The smallest absolute Gasteiger partial charge is 0.227 e. The summed E-state index contributed by atoms with van der Waals surface area (Å²) >= 11 is 0. The summed E-state index contributed by atoms with van der Waals surface area (Å²) in [4.78, 5) is 23.7. The summed E-state index contributed by atoms with van der Waals surface area (Å²) in [5.41, 5.74) is 2.77. The van der Waals surface area contributed by atoms with Crippen LogP contribution in [0.3, 0.4) is 0 Å². The summed E-state index contributed by atoms with van der Waals surface area (Å²) in [5.74, 6) is 1.19. The zero-order valence-corrected chi connectivity index (χ0v) is 14.6. The Morgan fingerprint density at radius 3 is 2.84 bits per heavy atom. The van der Waals surface area contributed by atoms with Crippen molar-refractivity contribution in [3.8, 4) is 11.4 Å². The highest BCUT2D eigenvalue weighted by molar-refractivity contribution is 5.91. The number of hydrogen-bond acceptors (Lipinski definition) is 6. The number of rotatable bonds is 5. The predicted molar refractivity (Wildman–Crippen MR) is 93.1 cm³/mol. The molecule has 0 atom stereocenters. The molecule has 0 N–H and O–H groups in total. The Bertz CT molecular complexity index is 752. The Morgan fingerprint density at radius 1 is 1.36 bits per heavy atom. The van der Waals surface area contributed by atoms with Gasteiger partial charge in [0.05, 0.1) is 18.7 Å². The molecule has 1 aromatic heterocycles. The number of piperidine rings is 1. The van der Waals surface area contributed by atoms with Gasteiger partial charge in [-0.1, -0.05) is 34.6 Å². The number of oxime groups is 1. The first-order valence-electron chi connectivity index (χ1n) is 8.51. The number of benzene rings is 1. The summed E-state index contributed by atoms with van der Waals surface area (Å²) < 4.78 is 4.99. The molecule has 0 radical (unpaired) electrons. The number of aromatic nitrogens is 2. The fourth-order valence-corrected chi connectivity index (χ4v) is 2.77. The monoisotopic (exact) mass is 342 g/mol. The maximum atomic E-state index is 12.5. The Kier molecular flexibility index (Phi) is 5.42. The van der Waals surface area contributed by atoms with E-state index in [-0.39, 0.29) is 5.91 Å². The highest BCUT2D eigenvalue weighted by atomic mass is 16.6. The van der Waals surface area contributed by atoms with E-state index in [1.54, 1.807) is 6.92 Å². The molecule has 1 aliphatic rings. The Morgan fingerprint density at radius 2 is 2.16 bits per heavy atom. The molecule has 1 saturated heterocycles. The minimum atomic E-state index is 0.104. The number of likely N-dealkylation sites (tertiary alicyclic amines) is 1. The van der Waals surface area contributed by atoms with Gasteiger partial charge >= 0.3 is 0 Å². The first-order chi connectivity index (χ1) is 12.2. The minimum Gasteiger partial charge on any atom is -0.396 e. The molecule has 1 aromatic carbocycles. The van der Waals surface area contributed by atoms with Crippen molar-refractivity contribution in [2.24, 2.45) is 5.16 Å². The number of aryl methyl sites for hydroxylation is 1. The fraction of sp³-hybridized carbons (Fsp3) is 0.444. The van der Waals surface area contributed by atoms with Gasteiger partial charge in [0.25, 0.3) is 0 Å². The lowest BCUT2D eigenvalue weighted by Crippen LogP contribution is -2.41. The van der Waals surface area contributed by atoms with Gasteiger partial charge in [-0.05, 0) is 25.3 Å². The van der Waals surface area contributed by atoms with E-state index in [1.807, 2.05) is 36.1 Å². The van der Waals surface area contributed by atoms with Crippen LogP contribution in [0, 0.1) is 6.92 Å². The van der Waals surface area contributed by atoms with Gasteiger partial charge in [-0.15, -0.1) is 0 Å². The molecule has 0 unspecified atom stereocenters. The van der Waals surface area contributed by atoms with Crippen LogP contribution >= 0.6 is 0 Å². The van der Waals surface area contributed by atoms with Gasteiger partial charge < -0.3 is 14.3 Å². The van der Waals surface area contributed by atoms with E-state index in [2.05, 4.69) is 15.3 Å². The number of hydrogen-bond donors (Lipinski definition) is 0. The third-order valence-electron chi connectivity index (χ3n) is 4.04. The van der Waals surface area contributed by atoms with Crippen LogP contribution in [0.15, 0.2) is 33.9 Å². The van der Waals surface area contributed by atoms with Crippen molar-refractivity contribution in [3.05, 3.63) is 35.7 Å². The van der Waals surface area contributed by atoms with Gasteiger partial charge in [0.1, 0.15) is 6.61 Å². The van der Waals surface area contributed by atoms with Crippen LogP contribution in [-0.2, 0) is 16.1 Å². The SMILES string of the molecule is CCON=C1CCCN(C(=O)Cc2ccc(-c3noc(C)n3)cc2)C1. The molecule has 25 heavy (non-hydrogen) atoms. The number of nitrogens with zero attached hydrogens (tertiary/aromatic N) is 4. The van der Waals surface area contributed by atoms with Crippen LogP contribution in [0.2, 0.25) is 0 Å². The van der Waals surface area contributed by atoms with E-state index in [9.17, 15) is 4.79 Å². The van der Waals surface area contributed by atoms with Crippen molar-refractivity contribution in [1.29, 1.82) is 0 Å². The highest BCUT2D eigenvalue weighted by Gasteiger charge is 2.21. The second kappa shape index (κ2) is 7.92. The number of amides is 1. The molecule has 1 fully saturated rings.